The minimum atomic E-state index is 0.991. The number of allylic oxidation sites excluding steroid dienone is 4. The zero-order chi connectivity index (χ0) is 42.0. The van der Waals surface area contributed by atoms with E-state index in [1.165, 1.54) is 88.3 Å². The molecule has 0 saturated heterocycles. The van der Waals surface area contributed by atoms with Crippen molar-refractivity contribution in [3.05, 3.63) is 254 Å². The van der Waals surface area contributed by atoms with Gasteiger partial charge in [0.15, 0.2) is 0 Å². The van der Waals surface area contributed by atoms with Crippen LogP contribution < -0.4 is 4.90 Å². The molecule has 0 spiro atoms. The van der Waals surface area contributed by atoms with Crippen LogP contribution in [0.25, 0.3) is 82.8 Å². The van der Waals surface area contributed by atoms with Gasteiger partial charge in [-0.25, -0.2) is 0 Å². The molecule has 0 aromatic heterocycles. The molecule has 0 amide bonds. The number of benzene rings is 10. The minimum absolute atomic E-state index is 0.991. The van der Waals surface area contributed by atoms with E-state index >= 15 is 0 Å². The summed E-state index contributed by atoms with van der Waals surface area (Å²) in [7, 11) is 0. The Morgan fingerprint density at radius 1 is 0.317 bits per heavy atom. The van der Waals surface area contributed by atoms with Crippen molar-refractivity contribution in [2.24, 2.45) is 0 Å². The maximum Gasteiger partial charge on any atom is 0.0542 e. The summed E-state index contributed by atoms with van der Waals surface area (Å²) in [5.74, 6) is 0. The average Bonchev–Trinajstić information content (AvgIpc) is 3.37. The first kappa shape index (κ1) is 38.0. The predicted molar refractivity (Wildman–Crippen MR) is 270 cm³/mol. The molecule has 1 aliphatic carbocycles. The third-order valence-corrected chi connectivity index (χ3v) is 12.6. The summed E-state index contributed by atoms with van der Waals surface area (Å²) < 4.78 is 0. The van der Waals surface area contributed by atoms with Crippen LogP contribution in [0.15, 0.2) is 249 Å². The Labute approximate surface area is 370 Å². The lowest BCUT2D eigenvalue weighted by Gasteiger charge is -2.30. The van der Waals surface area contributed by atoms with E-state index in [1.807, 2.05) is 0 Å². The van der Waals surface area contributed by atoms with Crippen molar-refractivity contribution in [3.63, 3.8) is 0 Å². The predicted octanol–water partition coefficient (Wildman–Crippen LogP) is 17.5. The first-order valence-electron chi connectivity index (χ1n) is 22.0. The van der Waals surface area contributed by atoms with Gasteiger partial charge in [-0.3, -0.25) is 0 Å². The van der Waals surface area contributed by atoms with E-state index in [2.05, 4.69) is 254 Å². The number of hydrogen-bond acceptors (Lipinski definition) is 1. The molecule has 0 atom stereocenters. The lowest BCUT2D eigenvalue weighted by Crippen LogP contribution is -2.12. The molecule has 1 aliphatic rings. The highest BCUT2D eigenvalue weighted by Crippen LogP contribution is 2.45. The normalized spacial score (nSPS) is 12.3. The van der Waals surface area contributed by atoms with Gasteiger partial charge in [0.1, 0.15) is 0 Å². The van der Waals surface area contributed by atoms with Gasteiger partial charge in [-0.15, -0.1) is 0 Å². The quantitative estimate of drug-likeness (QED) is 0.131. The van der Waals surface area contributed by atoms with E-state index in [9.17, 15) is 0 Å². The van der Waals surface area contributed by atoms with Crippen molar-refractivity contribution in [3.8, 4) is 55.6 Å². The molecule has 0 fully saturated rings. The molecule has 0 N–H and O–H groups in total. The molecule has 0 radical (unpaired) electrons. The Balaban J connectivity index is 1.05. The zero-order valence-electron chi connectivity index (χ0n) is 35.0. The molecule has 10 aromatic carbocycles. The summed E-state index contributed by atoms with van der Waals surface area (Å²) in [6, 6.07) is 84.3. The van der Waals surface area contributed by atoms with Gasteiger partial charge in [0, 0.05) is 16.9 Å². The van der Waals surface area contributed by atoms with E-state index < -0.39 is 0 Å². The van der Waals surface area contributed by atoms with Crippen molar-refractivity contribution in [1.82, 2.24) is 0 Å². The molecule has 0 heterocycles. The van der Waals surface area contributed by atoms with Crippen LogP contribution in [0.2, 0.25) is 0 Å². The second-order valence-electron chi connectivity index (χ2n) is 16.4. The van der Waals surface area contributed by atoms with Crippen molar-refractivity contribution in [1.29, 1.82) is 0 Å². The summed E-state index contributed by atoms with van der Waals surface area (Å²) in [5.41, 5.74) is 18.0. The fourth-order valence-electron chi connectivity index (χ4n) is 9.28. The third kappa shape index (κ3) is 7.56. The van der Waals surface area contributed by atoms with Gasteiger partial charge < -0.3 is 4.90 Å². The van der Waals surface area contributed by atoms with Gasteiger partial charge in [-0.2, -0.15) is 0 Å². The Bertz CT molecular complexity index is 3140. The Morgan fingerprint density at radius 2 is 0.746 bits per heavy atom. The molecular formula is C62H45N. The van der Waals surface area contributed by atoms with Gasteiger partial charge in [0.25, 0.3) is 0 Å². The Hall–Kier alpha value is -8.00. The second kappa shape index (κ2) is 16.8. The number of anilines is 3. The smallest absolute Gasteiger partial charge is 0.0542 e. The second-order valence-corrected chi connectivity index (χ2v) is 16.4. The molecule has 10 aromatic rings. The largest absolute Gasteiger partial charge is 0.310 e. The minimum Gasteiger partial charge on any atom is -0.310 e. The van der Waals surface area contributed by atoms with Crippen LogP contribution in [0.1, 0.15) is 18.4 Å². The molecule has 63 heavy (non-hydrogen) atoms. The summed E-state index contributed by atoms with van der Waals surface area (Å²) in [6.45, 7) is 0. The number of hydrogen-bond donors (Lipinski definition) is 0. The van der Waals surface area contributed by atoms with Crippen LogP contribution in [0.5, 0.6) is 0 Å². The average molecular weight is 804 g/mol. The van der Waals surface area contributed by atoms with Crippen LogP contribution in [-0.2, 0) is 0 Å². The van der Waals surface area contributed by atoms with E-state index in [4.69, 9.17) is 0 Å². The highest BCUT2D eigenvalue weighted by molar-refractivity contribution is 6.14. The fourth-order valence-corrected chi connectivity index (χ4v) is 9.28. The molecule has 0 bridgehead atoms. The standard InChI is InChI=1S/C62H45N/c1-4-14-44(15-5-1)46-24-28-48(29-25-46)50-32-37-55(38-33-50)63(56-39-34-51(35-40-56)49-30-26-47(27-31-49)45-16-6-2-7-17-45)62-43-54(36-41-58(62)52-18-8-3-9-19-52)61-42-53-20-10-11-21-57(53)59-22-12-13-23-60(59)61/h1-8,10-18,20-43H,9,19H2. The number of fused-ring (bicyclic) bond motifs is 3. The molecule has 0 unspecified atom stereocenters. The van der Waals surface area contributed by atoms with E-state index in [-0.39, 0.29) is 0 Å². The monoisotopic (exact) mass is 803 g/mol. The van der Waals surface area contributed by atoms with Gasteiger partial charge >= 0.3 is 0 Å². The molecule has 1 nitrogen and oxygen atoms in total. The summed E-state index contributed by atoms with van der Waals surface area (Å²) in [4.78, 5) is 2.46. The zero-order valence-corrected chi connectivity index (χ0v) is 35.0. The van der Waals surface area contributed by atoms with Crippen LogP contribution in [0, 0.1) is 0 Å². The molecule has 11 rings (SSSR count). The highest BCUT2D eigenvalue weighted by atomic mass is 15.1. The fraction of sp³-hybridized carbons (Fsp3) is 0.0323. The third-order valence-electron chi connectivity index (χ3n) is 12.6. The number of rotatable bonds is 9. The van der Waals surface area contributed by atoms with Crippen LogP contribution in [-0.4, -0.2) is 0 Å². The molecule has 0 aliphatic heterocycles. The van der Waals surface area contributed by atoms with Crippen LogP contribution in [0.3, 0.4) is 0 Å². The molecule has 0 saturated carbocycles. The lowest BCUT2D eigenvalue weighted by molar-refractivity contribution is 1.05. The maximum absolute atomic E-state index is 2.46. The molecule has 298 valence electrons. The van der Waals surface area contributed by atoms with Gasteiger partial charge in [0.2, 0.25) is 0 Å². The number of nitrogens with zero attached hydrogens (tertiary/aromatic N) is 1. The topological polar surface area (TPSA) is 3.24 Å². The van der Waals surface area contributed by atoms with Crippen molar-refractivity contribution < 1.29 is 0 Å². The van der Waals surface area contributed by atoms with Crippen LogP contribution >= 0.6 is 0 Å². The Morgan fingerprint density at radius 3 is 1.25 bits per heavy atom. The SMILES string of the molecule is C1=CCCC(c2ccc(-c3cc4ccccc4c4ccccc34)cc2N(c2ccc(-c3ccc(-c4ccccc4)cc3)cc2)c2ccc(-c3ccc(-c4ccccc4)cc3)cc2)=C1. The lowest BCUT2D eigenvalue weighted by atomic mass is 9.89. The highest BCUT2D eigenvalue weighted by Gasteiger charge is 2.21. The van der Waals surface area contributed by atoms with Gasteiger partial charge in [-0.05, 0) is 132 Å². The van der Waals surface area contributed by atoms with E-state index in [0.29, 0.717) is 0 Å². The summed E-state index contributed by atoms with van der Waals surface area (Å²) in [5, 5.41) is 5.05. The maximum atomic E-state index is 2.46. The molecule has 1 heteroatoms. The van der Waals surface area contributed by atoms with E-state index in [1.54, 1.807) is 0 Å². The first-order valence-corrected chi connectivity index (χ1v) is 22.0. The van der Waals surface area contributed by atoms with Crippen LogP contribution in [0.4, 0.5) is 17.1 Å². The summed E-state index contributed by atoms with van der Waals surface area (Å²) >= 11 is 0. The summed E-state index contributed by atoms with van der Waals surface area (Å²) in [6.07, 6.45) is 8.81. The van der Waals surface area contributed by atoms with E-state index in [0.717, 1.165) is 29.9 Å². The van der Waals surface area contributed by atoms with Crippen molar-refractivity contribution in [2.45, 2.75) is 12.8 Å². The van der Waals surface area contributed by atoms with Gasteiger partial charge in [-0.1, -0.05) is 212 Å². The van der Waals surface area contributed by atoms with Gasteiger partial charge in [0.05, 0.1) is 5.69 Å². The van der Waals surface area contributed by atoms with Crippen molar-refractivity contribution >= 4 is 44.2 Å². The first-order chi connectivity index (χ1) is 31.2. The molecular weight excluding hydrogens is 759 g/mol. The Kier molecular flexibility index (Phi) is 10.1. The van der Waals surface area contributed by atoms with Crippen molar-refractivity contribution in [2.75, 3.05) is 4.90 Å².